The van der Waals surface area contributed by atoms with Crippen molar-refractivity contribution in [3.8, 4) is 5.75 Å². The van der Waals surface area contributed by atoms with Crippen LogP contribution in [0.2, 0.25) is 5.02 Å². The first-order chi connectivity index (χ1) is 22.9. The number of sulfonamides is 1. The second-order valence-corrected chi connectivity index (χ2v) is 16.7. The molecule has 1 N–H and O–H groups in total. The summed E-state index contributed by atoms with van der Waals surface area (Å²) in [7, 11) is 1.03. The molecule has 2 spiro atoms. The molecule has 4 atom stereocenters. The molecule has 2 amide bonds. The topological polar surface area (TPSA) is 108 Å². The van der Waals surface area contributed by atoms with E-state index in [-0.39, 0.29) is 22.1 Å². The minimum atomic E-state index is -4.17. The highest BCUT2D eigenvalue weighted by Crippen LogP contribution is 2.47. The summed E-state index contributed by atoms with van der Waals surface area (Å²) in [5, 5.41) is 0.712. The van der Waals surface area contributed by atoms with Crippen LogP contribution in [-0.2, 0) is 31.4 Å². The molecule has 2 bridgehead atoms. The fourth-order valence-corrected chi connectivity index (χ4v) is 9.65. The van der Waals surface area contributed by atoms with Gasteiger partial charge in [0.15, 0.2) is 0 Å². The largest absolute Gasteiger partial charge is 0.490 e. The Hall–Kier alpha value is -3.28. The molecule has 7 rings (SSSR count). The van der Waals surface area contributed by atoms with Gasteiger partial charge in [0.05, 0.1) is 17.2 Å². The van der Waals surface area contributed by atoms with Gasteiger partial charge in [0.25, 0.3) is 15.9 Å². The van der Waals surface area contributed by atoms with Gasteiger partial charge in [-0.2, -0.15) is 0 Å². The number of anilines is 1. The van der Waals surface area contributed by atoms with Gasteiger partial charge in [-0.05, 0) is 112 Å². The van der Waals surface area contributed by atoms with E-state index in [9.17, 15) is 18.0 Å². The Morgan fingerprint density at radius 2 is 1.92 bits per heavy atom. The van der Waals surface area contributed by atoms with Crippen LogP contribution in [0.5, 0.6) is 5.75 Å². The lowest BCUT2D eigenvalue weighted by Crippen LogP contribution is -2.62. The molecule has 5 aliphatic rings. The van der Waals surface area contributed by atoms with E-state index < -0.39 is 33.7 Å². The first-order valence-electron chi connectivity index (χ1n) is 17.0. The minimum Gasteiger partial charge on any atom is -0.490 e. The molecule has 10 nitrogen and oxygen atoms in total. The van der Waals surface area contributed by atoms with E-state index in [0.717, 1.165) is 38.5 Å². The second kappa shape index (κ2) is 12.6. The quantitative estimate of drug-likeness (QED) is 0.409. The normalized spacial score (nSPS) is 30.0. The lowest BCUT2D eigenvalue weighted by atomic mass is 9.68. The molecule has 2 fully saturated rings. The Labute approximate surface area is 288 Å². The van der Waals surface area contributed by atoms with Crippen LogP contribution in [0.1, 0.15) is 56.1 Å². The monoisotopic (exact) mass is 696 g/mol. The number of likely N-dealkylation sites (N-methyl/N-ethyl adjacent to an activating group) is 1. The molecule has 2 aromatic carbocycles. The summed E-state index contributed by atoms with van der Waals surface area (Å²) in [5.41, 5.74) is 1.87. The van der Waals surface area contributed by atoms with Gasteiger partial charge in [-0.1, -0.05) is 23.7 Å². The molecule has 2 aliphatic heterocycles. The van der Waals surface area contributed by atoms with Crippen molar-refractivity contribution in [1.29, 1.82) is 0 Å². The fraction of sp³-hybridized carbons (Fsp3) is 0.556. The zero-order chi connectivity index (χ0) is 33.8. The molecule has 3 aliphatic carbocycles. The minimum absolute atomic E-state index is 0.0297. The number of amides is 2. The average molecular weight is 697 g/mol. The zero-order valence-electron chi connectivity index (χ0n) is 27.9. The van der Waals surface area contributed by atoms with Crippen LogP contribution in [0.3, 0.4) is 0 Å². The predicted octanol–water partition coefficient (Wildman–Crippen LogP) is 5.14. The molecule has 0 aromatic heterocycles. The van der Waals surface area contributed by atoms with E-state index in [1.54, 1.807) is 26.2 Å². The van der Waals surface area contributed by atoms with Crippen LogP contribution in [0.4, 0.5) is 10.5 Å². The molecular formula is C36H45ClN4O6S. The van der Waals surface area contributed by atoms with Crippen LogP contribution >= 0.6 is 11.6 Å². The van der Waals surface area contributed by atoms with E-state index in [0.29, 0.717) is 55.5 Å². The molecule has 48 heavy (non-hydrogen) atoms. The van der Waals surface area contributed by atoms with Crippen molar-refractivity contribution in [1.82, 2.24) is 14.5 Å². The number of fused-ring (bicyclic) bond motifs is 4. The summed E-state index contributed by atoms with van der Waals surface area (Å²) in [6.07, 6.45) is 9.74. The van der Waals surface area contributed by atoms with Crippen molar-refractivity contribution in [2.45, 2.75) is 73.3 Å². The number of ether oxygens (including phenoxy) is 2. The lowest BCUT2D eigenvalue weighted by Gasteiger charge is -2.47. The summed E-state index contributed by atoms with van der Waals surface area (Å²) in [5.74, 6) is 0.360. The van der Waals surface area contributed by atoms with Crippen molar-refractivity contribution >= 4 is 39.3 Å². The molecule has 0 radical (unpaired) electrons. The summed E-state index contributed by atoms with van der Waals surface area (Å²) in [6, 6.07) is 11.0. The van der Waals surface area contributed by atoms with E-state index in [2.05, 4.69) is 21.8 Å². The third kappa shape index (κ3) is 5.85. The first kappa shape index (κ1) is 33.2. The second-order valence-electron chi connectivity index (χ2n) is 14.6. The van der Waals surface area contributed by atoms with Crippen LogP contribution in [0, 0.1) is 11.8 Å². The number of aryl methyl sites for hydroxylation is 1. The highest BCUT2D eigenvalue weighted by atomic mass is 35.5. The van der Waals surface area contributed by atoms with Gasteiger partial charge < -0.3 is 19.3 Å². The molecule has 2 heterocycles. The third-order valence-corrected chi connectivity index (χ3v) is 13.1. The maximum Gasteiger partial charge on any atom is 0.409 e. The number of nitrogens with one attached hydrogen (secondary N) is 1. The van der Waals surface area contributed by atoms with Crippen molar-refractivity contribution < 1.29 is 27.5 Å². The van der Waals surface area contributed by atoms with Crippen molar-refractivity contribution in [3.63, 3.8) is 0 Å². The Morgan fingerprint density at radius 3 is 2.62 bits per heavy atom. The number of halogens is 1. The van der Waals surface area contributed by atoms with Gasteiger partial charge in [-0.3, -0.25) is 9.69 Å². The van der Waals surface area contributed by atoms with Crippen LogP contribution in [-0.4, -0.2) is 89.2 Å². The van der Waals surface area contributed by atoms with Gasteiger partial charge in [-0.25, -0.2) is 17.9 Å². The number of carbonyl (C=O) groups is 2. The standard InChI is InChI=1S/C36H45ClN4O6S/c1-39(2)34(43)47-31-8-5-18-40(3)36(16-6-17-36)33(42)38-48(44,45)27-11-14-32-30(20-27)41(21-25-9-12-28(25)31)22-35(23-46-32)15-4-7-24-19-26(37)10-13-29(24)35/h5,8,10-11,13-14,19-20,25,28,31H,4,6-7,9,12,15-18,21-23H2,1-3H3,(H,38,42)/b8-5+/t25-,28+,31+,35-/m0/s1. The van der Waals surface area contributed by atoms with E-state index in [1.165, 1.54) is 22.1 Å². The third-order valence-electron chi connectivity index (χ3n) is 11.5. The lowest BCUT2D eigenvalue weighted by molar-refractivity contribution is -0.136. The van der Waals surface area contributed by atoms with Gasteiger partial charge in [0.2, 0.25) is 0 Å². The van der Waals surface area contributed by atoms with Gasteiger partial charge >= 0.3 is 6.09 Å². The van der Waals surface area contributed by atoms with E-state index in [1.807, 2.05) is 30.2 Å². The van der Waals surface area contributed by atoms with Gasteiger partial charge in [-0.15, -0.1) is 0 Å². The van der Waals surface area contributed by atoms with E-state index in [4.69, 9.17) is 21.1 Å². The average Bonchev–Trinajstić information content (AvgIpc) is 3.14. The van der Waals surface area contributed by atoms with Crippen molar-refractivity contribution in [3.05, 3.63) is 64.7 Å². The summed E-state index contributed by atoms with van der Waals surface area (Å²) < 4.78 is 42.8. The number of hydrogen-bond acceptors (Lipinski definition) is 8. The highest BCUT2D eigenvalue weighted by Gasteiger charge is 2.49. The van der Waals surface area contributed by atoms with Gasteiger partial charge in [0.1, 0.15) is 17.4 Å². The Kier molecular flexibility index (Phi) is 8.69. The summed E-state index contributed by atoms with van der Waals surface area (Å²) in [6.45, 7) is 2.12. The fourth-order valence-electron chi connectivity index (χ4n) is 8.39. The number of hydrogen-bond donors (Lipinski definition) is 1. The van der Waals surface area contributed by atoms with Crippen LogP contribution in [0.25, 0.3) is 0 Å². The number of rotatable bonds is 1. The maximum absolute atomic E-state index is 13.8. The molecule has 0 unspecified atom stereocenters. The van der Waals surface area contributed by atoms with Gasteiger partial charge in [0, 0.05) is 50.1 Å². The van der Waals surface area contributed by atoms with Crippen LogP contribution < -0.4 is 14.4 Å². The van der Waals surface area contributed by atoms with Crippen LogP contribution in [0.15, 0.2) is 53.4 Å². The number of carbonyl (C=O) groups excluding carboxylic acids is 2. The molecule has 0 saturated heterocycles. The van der Waals surface area contributed by atoms with Crippen molar-refractivity contribution in [2.75, 3.05) is 52.3 Å². The molecule has 258 valence electrons. The first-order valence-corrected chi connectivity index (χ1v) is 18.9. The summed E-state index contributed by atoms with van der Waals surface area (Å²) in [4.78, 5) is 32.3. The molecular weight excluding hydrogens is 652 g/mol. The molecule has 2 aromatic rings. The number of benzene rings is 2. The maximum atomic E-state index is 13.8. The predicted molar refractivity (Wildman–Crippen MR) is 184 cm³/mol. The molecule has 12 heteroatoms. The van der Waals surface area contributed by atoms with E-state index >= 15 is 0 Å². The van der Waals surface area contributed by atoms with Crippen molar-refractivity contribution in [2.24, 2.45) is 11.8 Å². The number of nitrogens with zero attached hydrogens (tertiary/aromatic N) is 3. The SMILES string of the molecule is CN(C)C(=O)O[C@@H]1/C=C/CN(C)C2(CCC2)C(=O)NS(=O)(=O)c2ccc3c(c2)N(C[C@@H]2CC[C@H]21)C[C@@]1(CCCc2cc(Cl)ccc21)CO3. The Bertz CT molecular complexity index is 1740. The summed E-state index contributed by atoms with van der Waals surface area (Å²) >= 11 is 6.43. The Morgan fingerprint density at radius 1 is 1.10 bits per heavy atom. The smallest absolute Gasteiger partial charge is 0.409 e. The zero-order valence-corrected chi connectivity index (χ0v) is 29.5. The highest BCUT2D eigenvalue weighted by molar-refractivity contribution is 7.90. The Balaban J connectivity index is 1.32. The molecule has 2 saturated carbocycles.